The van der Waals surface area contributed by atoms with Gasteiger partial charge in [-0.25, -0.2) is 0 Å². The lowest BCUT2D eigenvalue weighted by atomic mass is 9.94. The first-order chi connectivity index (χ1) is 17.4. The van der Waals surface area contributed by atoms with Crippen molar-refractivity contribution in [3.8, 4) is 34.5 Å². The van der Waals surface area contributed by atoms with Gasteiger partial charge in [0.25, 0.3) is 0 Å². The van der Waals surface area contributed by atoms with Crippen LogP contribution in [-0.4, -0.2) is 48.8 Å². The van der Waals surface area contributed by atoms with Crippen LogP contribution in [0.1, 0.15) is 31.3 Å². The number of methoxy groups -OCH3 is 5. The van der Waals surface area contributed by atoms with Crippen molar-refractivity contribution in [2.75, 3.05) is 48.8 Å². The van der Waals surface area contributed by atoms with E-state index in [4.69, 9.17) is 37.9 Å². The minimum atomic E-state index is -0.741. The summed E-state index contributed by atoms with van der Waals surface area (Å²) in [4.78, 5) is 0. The molecule has 0 N–H and O–H groups in total. The van der Waals surface area contributed by atoms with Crippen LogP contribution in [-0.2, 0) is 16.1 Å². The molecule has 194 valence electrons. The third kappa shape index (κ3) is 4.70. The van der Waals surface area contributed by atoms with Crippen LogP contribution in [0.4, 0.5) is 0 Å². The Morgan fingerprint density at radius 1 is 0.722 bits per heavy atom. The second kappa shape index (κ2) is 10.7. The molecule has 0 spiro atoms. The molecule has 0 atom stereocenters. The van der Waals surface area contributed by atoms with Crippen molar-refractivity contribution < 1.29 is 37.9 Å². The first-order valence-electron chi connectivity index (χ1n) is 11.7. The minimum absolute atomic E-state index is 0.121. The van der Waals surface area contributed by atoms with E-state index in [1.54, 1.807) is 41.6 Å². The molecule has 0 aliphatic carbocycles. The molecule has 8 nitrogen and oxygen atoms in total. The molecule has 1 aliphatic heterocycles. The molecule has 3 aromatic carbocycles. The molecule has 8 heteroatoms. The summed E-state index contributed by atoms with van der Waals surface area (Å²) in [5.41, 5.74) is 1.45. The van der Waals surface area contributed by atoms with Gasteiger partial charge in [0.15, 0.2) is 29.3 Å². The Morgan fingerprint density at radius 2 is 1.33 bits per heavy atom. The largest absolute Gasteiger partial charge is 0.496 e. The summed E-state index contributed by atoms with van der Waals surface area (Å²) in [5, 5.41) is 1.23. The Bertz CT molecular complexity index is 1200. The Labute approximate surface area is 211 Å². The standard InChI is InChI=1S/C28H34O8/c1-28(2)15-35-27(36-16-28)22-24(32-6)20-18(29-3)13-19(30-4)23(31-5)21(20)25(33-7)26(22)34-14-17-11-9-8-10-12-17/h8-13,27H,14-16H2,1-7H3. The molecule has 4 rings (SSSR count). The number of hydrogen-bond donors (Lipinski definition) is 0. The minimum Gasteiger partial charge on any atom is -0.496 e. The number of ether oxygens (including phenoxy) is 8. The van der Waals surface area contributed by atoms with Crippen molar-refractivity contribution in [3.05, 3.63) is 47.5 Å². The average Bonchev–Trinajstić information content (AvgIpc) is 2.90. The lowest BCUT2D eigenvalue weighted by Crippen LogP contribution is -2.34. The molecule has 0 aromatic heterocycles. The van der Waals surface area contributed by atoms with Crippen molar-refractivity contribution in [1.82, 2.24) is 0 Å². The van der Waals surface area contributed by atoms with Gasteiger partial charge in [-0.1, -0.05) is 44.2 Å². The topological polar surface area (TPSA) is 73.8 Å². The van der Waals surface area contributed by atoms with E-state index in [-0.39, 0.29) is 5.41 Å². The van der Waals surface area contributed by atoms with Gasteiger partial charge in [0.2, 0.25) is 0 Å². The van der Waals surface area contributed by atoms with Gasteiger partial charge in [-0.2, -0.15) is 0 Å². The summed E-state index contributed by atoms with van der Waals surface area (Å²) >= 11 is 0. The van der Waals surface area contributed by atoms with Crippen LogP contribution in [0.2, 0.25) is 0 Å². The van der Waals surface area contributed by atoms with Crippen molar-refractivity contribution >= 4 is 10.8 Å². The quantitative estimate of drug-likeness (QED) is 0.381. The molecule has 0 bridgehead atoms. The monoisotopic (exact) mass is 498 g/mol. The summed E-state index contributed by atoms with van der Waals surface area (Å²) in [6, 6.07) is 11.6. The predicted octanol–water partition coefficient (Wildman–Crippen LogP) is 5.53. The van der Waals surface area contributed by atoms with Gasteiger partial charge in [-0.3, -0.25) is 0 Å². The first-order valence-corrected chi connectivity index (χ1v) is 11.7. The maximum Gasteiger partial charge on any atom is 0.191 e. The van der Waals surface area contributed by atoms with Crippen LogP contribution in [0, 0.1) is 5.41 Å². The lowest BCUT2D eigenvalue weighted by molar-refractivity contribution is -0.227. The van der Waals surface area contributed by atoms with E-state index in [0.717, 1.165) is 5.56 Å². The van der Waals surface area contributed by atoms with Crippen LogP contribution < -0.4 is 28.4 Å². The molecule has 0 saturated carbocycles. The van der Waals surface area contributed by atoms with Crippen LogP contribution in [0.15, 0.2) is 36.4 Å². The van der Waals surface area contributed by atoms with Crippen LogP contribution in [0.25, 0.3) is 10.8 Å². The second-order valence-corrected chi connectivity index (χ2v) is 9.27. The van der Waals surface area contributed by atoms with Gasteiger partial charge in [-0.15, -0.1) is 0 Å². The molecule has 3 aromatic rings. The van der Waals surface area contributed by atoms with E-state index in [2.05, 4.69) is 13.8 Å². The average molecular weight is 499 g/mol. The zero-order chi connectivity index (χ0) is 25.9. The maximum atomic E-state index is 6.45. The first kappa shape index (κ1) is 25.7. The molecular weight excluding hydrogens is 464 g/mol. The highest BCUT2D eigenvalue weighted by Gasteiger charge is 2.37. The van der Waals surface area contributed by atoms with Crippen molar-refractivity contribution in [3.63, 3.8) is 0 Å². The summed E-state index contributed by atoms with van der Waals surface area (Å²) in [5.74, 6) is 2.81. The normalized spacial score (nSPS) is 15.4. The summed E-state index contributed by atoms with van der Waals surface area (Å²) in [6.45, 7) is 5.48. The van der Waals surface area contributed by atoms with Crippen molar-refractivity contribution in [1.29, 1.82) is 0 Å². The molecule has 1 heterocycles. The fraction of sp³-hybridized carbons (Fsp3) is 0.429. The fourth-order valence-electron chi connectivity index (χ4n) is 4.40. The van der Waals surface area contributed by atoms with Gasteiger partial charge in [0.05, 0.1) is 65.1 Å². The molecule has 0 unspecified atom stereocenters. The molecule has 36 heavy (non-hydrogen) atoms. The van der Waals surface area contributed by atoms with Crippen LogP contribution in [0.3, 0.4) is 0 Å². The summed E-state index contributed by atoms with van der Waals surface area (Å²) in [6.07, 6.45) is -0.741. The lowest BCUT2D eigenvalue weighted by Gasteiger charge is -2.36. The highest BCUT2D eigenvalue weighted by molar-refractivity contribution is 6.06. The Kier molecular flexibility index (Phi) is 7.66. The predicted molar refractivity (Wildman–Crippen MR) is 136 cm³/mol. The maximum absolute atomic E-state index is 6.45. The molecule has 1 aliphatic rings. The number of hydrogen-bond acceptors (Lipinski definition) is 8. The SMILES string of the molecule is COc1cc(OC)c2c(OC)c(C3OCC(C)(C)CO3)c(OCc3ccccc3)c(OC)c2c1OC. The van der Waals surface area contributed by atoms with E-state index in [1.807, 2.05) is 30.3 Å². The van der Waals surface area contributed by atoms with Gasteiger partial charge >= 0.3 is 0 Å². The fourth-order valence-corrected chi connectivity index (χ4v) is 4.40. The highest BCUT2D eigenvalue weighted by Crippen LogP contribution is 2.57. The third-order valence-corrected chi connectivity index (χ3v) is 6.12. The summed E-state index contributed by atoms with van der Waals surface area (Å²) in [7, 11) is 7.90. The van der Waals surface area contributed by atoms with E-state index in [9.17, 15) is 0 Å². The van der Waals surface area contributed by atoms with Crippen LogP contribution in [0.5, 0.6) is 34.5 Å². The van der Waals surface area contributed by atoms with Gasteiger partial charge < -0.3 is 37.9 Å². The number of rotatable bonds is 9. The number of benzene rings is 3. The van der Waals surface area contributed by atoms with E-state index in [1.165, 1.54) is 0 Å². The smallest absolute Gasteiger partial charge is 0.191 e. The zero-order valence-corrected chi connectivity index (χ0v) is 21.9. The van der Waals surface area contributed by atoms with Gasteiger partial charge in [0, 0.05) is 11.5 Å². The Balaban J connectivity index is 2.03. The molecule has 0 amide bonds. The van der Waals surface area contributed by atoms with E-state index < -0.39 is 6.29 Å². The Morgan fingerprint density at radius 3 is 1.89 bits per heavy atom. The van der Waals surface area contributed by atoms with E-state index in [0.29, 0.717) is 70.7 Å². The molecule has 1 fully saturated rings. The van der Waals surface area contributed by atoms with Gasteiger partial charge in [-0.05, 0) is 5.56 Å². The van der Waals surface area contributed by atoms with Crippen molar-refractivity contribution in [2.45, 2.75) is 26.7 Å². The van der Waals surface area contributed by atoms with E-state index >= 15 is 0 Å². The third-order valence-electron chi connectivity index (χ3n) is 6.12. The highest BCUT2D eigenvalue weighted by atomic mass is 16.7. The van der Waals surface area contributed by atoms with Gasteiger partial charge in [0.1, 0.15) is 18.1 Å². The van der Waals surface area contributed by atoms with Crippen LogP contribution >= 0.6 is 0 Å². The second-order valence-electron chi connectivity index (χ2n) is 9.27. The van der Waals surface area contributed by atoms with Crippen molar-refractivity contribution in [2.24, 2.45) is 5.41 Å². The molecule has 0 radical (unpaired) electrons. The molecule has 1 saturated heterocycles. The number of fused-ring (bicyclic) bond motifs is 1. The summed E-state index contributed by atoms with van der Waals surface area (Å²) < 4.78 is 48.0. The Hall–Kier alpha value is -3.36. The zero-order valence-electron chi connectivity index (χ0n) is 21.9. The molecular formula is C28H34O8.